The van der Waals surface area contributed by atoms with E-state index in [9.17, 15) is 8.42 Å². The molecule has 0 aromatic heterocycles. The third-order valence-corrected chi connectivity index (χ3v) is 7.40. The van der Waals surface area contributed by atoms with Crippen molar-refractivity contribution in [1.29, 1.82) is 0 Å². The highest BCUT2D eigenvalue weighted by atomic mass is 32.2. The molecule has 2 aliphatic rings. The molecule has 2 heterocycles. The molecule has 2 aromatic rings. The number of sulfonamides is 1. The molecule has 0 N–H and O–H groups in total. The molecule has 0 atom stereocenters. The van der Waals surface area contributed by atoms with E-state index in [1.54, 1.807) is 4.31 Å². The highest BCUT2D eigenvalue weighted by molar-refractivity contribution is 7.89. The highest BCUT2D eigenvalue weighted by Crippen LogP contribution is 2.36. The third-order valence-electron chi connectivity index (χ3n) is 5.25. The molecule has 0 spiro atoms. The van der Waals surface area contributed by atoms with Gasteiger partial charge in [-0.05, 0) is 61.6 Å². The third kappa shape index (κ3) is 3.32. The van der Waals surface area contributed by atoms with Crippen molar-refractivity contribution in [3.63, 3.8) is 0 Å². The number of aryl methyl sites for hydroxylation is 3. The van der Waals surface area contributed by atoms with Crippen LogP contribution in [0.1, 0.15) is 34.2 Å². The molecule has 0 bridgehead atoms. The van der Waals surface area contributed by atoms with Gasteiger partial charge in [0.1, 0.15) is 0 Å². The normalized spacial score (nSPS) is 17.3. The highest BCUT2D eigenvalue weighted by Gasteiger charge is 2.31. The first kappa shape index (κ1) is 18.3. The Kier molecular flexibility index (Phi) is 4.64. The molecular formula is C21H25NO4S. The summed E-state index contributed by atoms with van der Waals surface area (Å²) in [5.74, 6) is 1.49. The Bertz CT molecular complexity index is 974. The van der Waals surface area contributed by atoms with Crippen molar-refractivity contribution in [3.05, 3.63) is 52.1 Å². The van der Waals surface area contributed by atoms with Gasteiger partial charge in [-0.15, -0.1) is 0 Å². The Morgan fingerprint density at radius 2 is 1.48 bits per heavy atom. The Balaban J connectivity index is 1.69. The summed E-state index contributed by atoms with van der Waals surface area (Å²) < 4.78 is 39.9. The molecular weight excluding hydrogens is 362 g/mol. The summed E-state index contributed by atoms with van der Waals surface area (Å²) >= 11 is 0. The molecule has 5 nitrogen and oxygen atoms in total. The minimum Gasteiger partial charge on any atom is -0.490 e. The maximum absolute atomic E-state index is 13.4. The molecule has 0 unspecified atom stereocenters. The van der Waals surface area contributed by atoms with Gasteiger partial charge >= 0.3 is 0 Å². The van der Waals surface area contributed by atoms with Crippen LogP contribution in [0.3, 0.4) is 0 Å². The van der Waals surface area contributed by atoms with E-state index in [0.29, 0.717) is 43.4 Å². The first-order valence-corrected chi connectivity index (χ1v) is 10.8. The van der Waals surface area contributed by atoms with E-state index in [1.165, 1.54) is 0 Å². The number of hydrogen-bond donors (Lipinski definition) is 0. The second-order valence-corrected chi connectivity index (χ2v) is 9.31. The van der Waals surface area contributed by atoms with Crippen LogP contribution in [0.2, 0.25) is 0 Å². The minimum absolute atomic E-state index is 0.362. The summed E-state index contributed by atoms with van der Waals surface area (Å²) in [6.45, 7) is 7.84. The van der Waals surface area contributed by atoms with Crippen molar-refractivity contribution in [2.45, 2.75) is 45.1 Å². The first-order chi connectivity index (χ1) is 12.9. The van der Waals surface area contributed by atoms with Crippen molar-refractivity contribution in [2.24, 2.45) is 0 Å². The summed E-state index contributed by atoms with van der Waals surface area (Å²) in [5.41, 5.74) is 4.82. The lowest BCUT2D eigenvalue weighted by Gasteiger charge is -2.30. The molecule has 0 saturated carbocycles. The molecule has 0 aliphatic carbocycles. The van der Waals surface area contributed by atoms with Gasteiger partial charge in [0, 0.05) is 19.5 Å². The fourth-order valence-electron chi connectivity index (χ4n) is 4.09. The van der Waals surface area contributed by atoms with E-state index in [-0.39, 0.29) is 0 Å². The molecule has 2 aliphatic heterocycles. The number of rotatable bonds is 2. The van der Waals surface area contributed by atoms with Gasteiger partial charge in [-0.1, -0.05) is 17.7 Å². The standard InChI is InChI=1S/C21H25NO4S/c1-14-9-15(2)21(16(3)10-14)27(23,24)22-6-5-17-11-19-20(12-18(17)13-22)26-8-4-7-25-19/h9-12H,4-8,13H2,1-3H3. The van der Waals surface area contributed by atoms with Gasteiger partial charge in [0.2, 0.25) is 10.0 Å². The maximum atomic E-state index is 13.4. The fourth-order valence-corrected chi connectivity index (χ4v) is 5.93. The Morgan fingerprint density at radius 3 is 2.11 bits per heavy atom. The topological polar surface area (TPSA) is 55.8 Å². The molecule has 4 rings (SSSR count). The second kappa shape index (κ2) is 6.84. The summed E-state index contributed by atoms with van der Waals surface area (Å²) in [4.78, 5) is 0.436. The molecule has 0 saturated heterocycles. The Morgan fingerprint density at radius 1 is 0.889 bits per heavy atom. The van der Waals surface area contributed by atoms with Crippen molar-refractivity contribution >= 4 is 10.0 Å². The van der Waals surface area contributed by atoms with Crippen LogP contribution in [0.15, 0.2) is 29.2 Å². The van der Waals surface area contributed by atoms with Crippen LogP contribution in [-0.4, -0.2) is 32.5 Å². The lowest BCUT2D eigenvalue weighted by Crippen LogP contribution is -2.36. The van der Waals surface area contributed by atoms with E-state index in [1.807, 2.05) is 45.0 Å². The largest absolute Gasteiger partial charge is 0.490 e. The van der Waals surface area contributed by atoms with E-state index in [0.717, 1.165) is 40.0 Å². The van der Waals surface area contributed by atoms with Gasteiger partial charge in [0.05, 0.1) is 18.1 Å². The van der Waals surface area contributed by atoms with Gasteiger partial charge in [0.25, 0.3) is 0 Å². The lowest BCUT2D eigenvalue weighted by atomic mass is 10.0. The number of fused-ring (bicyclic) bond motifs is 2. The number of nitrogens with zero attached hydrogens (tertiary/aromatic N) is 1. The van der Waals surface area contributed by atoms with Gasteiger partial charge in [-0.3, -0.25) is 0 Å². The smallest absolute Gasteiger partial charge is 0.243 e. The summed E-state index contributed by atoms with van der Waals surface area (Å²) in [7, 11) is -3.55. The fraction of sp³-hybridized carbons (Fsp3) is 0.429. The predicted octanol–water partition coefficient (Wildman–Crippen LogP) is 3.52. The second-order valence-electron chi connectivity index (χ2n) is 7.43. The average molecular weight is 388 g/mol. The molecule has 2 aromatic carbocycles. The van der Waals surface area contributed by atoms with Crippen molar-refractivity contribution in [2.75, 3.05) is 19.8 Å². The van der Waals surface area contributed by atoms with Crippen LogP contribution < -0.4 is 9.47 Å². The Labute approximate surface area is 161 Å². The zero-order chi connectivity index (χ0) is 19.2. The molecule has 27 heavy (non-hydrogen) atoms. The van der Waals surface area contributed by atoms with Gasteiger partial charge in [-0.2, -0.15) is 4.31 Å². The minimum atomic E-state index is -3.55. The van der Waals surface area contributed by atoms with Crippen LogP contribution in [0.5, 0.6) is 11.5 Å². The summed E-state index contributed by atoms with van der Waals surface area (Å²) in [6.07, 6.45) is 1.53. The van der Waals surface area contributed by atoms with E-state index >= 15 is 0 Å². The monoisotopic (exact) mass is 387 g/mol. The van der Waals surface area contributed by atoms with E-state index < -0.39 is 10.0 Å². The average Bonchev–Trinajstić information content (AvgIpc) is 2.82. The first-order valence-electron chi connectivity index (χ1n) is 9.35. The van der Waals surface area contributed by atoms with Gasteiger partial charge in [0.15, 0.2) is 11.5 Å². The number of benzene rings is 2. The van der Waals surface area contributed by atoms with Crippen LogP contribution in [0.25, 0.3) is 0 Å². The van der Waals surface area contributed by atoms with Crippen molar-refractivity contribution in [3.8, 4) is 11.5 Å². The van der Waals surface area contributed by atoms with E-state index in [4.69, 9.17) is 9.47 Å². The van der Waals surface area contributed by atoms with Crippen molar-refractivity contribution in [1.82, 2.24) is 4.31 Å². The zero-order valence-corrected chi connectivity index (χ0v) is 16.9. The molecule has 0 fully saturated rings. The van der Waals surface area contributed by atoms with Gasteiger partial charge < -0.3 is 9.47 Å². The molecule has 6 heteroatoms. The zero-order valence-electron chi connectivity index (χ0n) is 16.0. The number of ether oxygens (including phenoxy) is 2. The quantitative estimate of drug-likeness (QED) is 0.791. The lowest BCUT2D eigenvalue weighted by molar-refractivity contribution is 0.297. The predicted molar refractivity (Wildman–Crippen MR) is 104 cm³/mol. The van der Waals surface area contributed by atoms with E-state index in [2.05, 4.69) is 0 Å². The molecule has 0 amide bonds. The van der Waals surface area contributed by atoms with Gasteiger partial charge in [-0.25, -0.2) is 8.42 Å². The van der Waals surface area contributed by atoms with Crippen molar-refractivity contribution < 1.29 is 17.9 Å². The van der Waals surface area contributed by atoms with Crippen LogP contribution in [-0.2, 0) is 23.0 Å². The maximum Gasteiger partial charge on any atom is 0.243 e. The Hall–Kier alpha value is -2.05. The van der Waals surface area contributed by atoms with Crippen LogP contribution in [0, 0.1) is 20.8 Å². The number of hydrogen-bond acceptors (Lipinski definition) is 4. The summed E-state index contributed by atoms with van der Waals surface area (Å²) in [5, 5.41) is 0. The van der Waals surface area contributed by atoms with Crippen LogP contribution >= 0.6 is 0 Å². The SMILES string of the molecule is Cc1cc(C)c(S(=O)(=O)N2CCc3cc4c(cc3C2)OCCCO4)c(C)c1. The molecule has 144 valence electrons. The summed E-state index contributed by atoms with van der Waals surface area (Å²) in [6, 6.07) is 7.83. The van der Waals surface area contributed by atoms with Crippen LogP contribution in [0.4, 0.5) is 0 Å². The molecule has 0 radical (unpaired) electrons.